The highest BCUT2D eigenvalue weighted by molar-refractivity contribution is 5.75. The number of rotatable bonds is 3. The second-order valence-corrected chi connectivity index (χ2v) is 7.00. The molecule has 110 valence electrons. The molecule has 2 rings (SSSR count). The maximum Gasteiger partial charge on any atom is 0.365 e. The average Bonchev–Trinajstić information content (AvgIpc) is 2.34. The number of esters is 1. The van der Waals surface area contributed by atoms with Gasteiger partial charge in [0.25, 0.3) is 0 Å². The van der Waals surface area contributed by atoms with Gasteiger partial charge in [0.05, 0.1) is 20.0 Å². The second kappa shape index (κ2) is 5.21. The third kappa shape index (κ3) is 2.88. The van der Waals surface area contributed by atoms with E-state index in [1.54, 1.807) is 0 Å². The van der Waals surface area contributed by atoms with Crippen molar-refractivity contribution in [1.29, 1.82) is 0 Å². The zero-order valence-electron chi connectivity index (χ0n) is 13.2. The van der Waals surface area contributed by atoms with Crippen LogP contribution < -0.4 is 0 Å². The van der Waals surface area contributed by atoms with E-state index in [-0.39, 0.29) is 12.0 Å². The highest BCUT2D eigenvalue weighted by atomic mass is 16.6. The van der Waals surface area contributed by atoms with Crippen LogP contribution in [-0.2, 0) is 9.53 Å². The SMILES string of the molecule is C[C@@H](c1ccccc1)[N+]1(C)CCC1C(=O)OC(C)(C)C. The van der Waals surface area contributed by atoms with Gasteiger partial charge in [0.1, 0.15) is 11.6 Å². The van der Waals surface area contributed by atoms with E-state index in [1.165, 1.54) is 5.56 Å². The molecule has 0 radical (unpaired) electrons. The molecule has 0 amide bonds. The van der Waals surface area contributed by atoms with Gasteiger partial charge in [0.15, 0.2) is 6.04 Å². The zero-order valence-corrected chi connectivity index (χ0v) is 13.2. The minimum Gasteiger partial charge on any atom is -0.456 e. The number of likely N-dealkylation sites (tertiary alicyclic amines) is 1. The van der Waals surface area contributed by atoms with Crippen molar-refractivity contribution in [2.24, 2.45) is 0 Å². The molecule has 0 aliphatic carbocycles. The summed E-state index contributed by atoms with van der Waals surface area (Å²) >= 11 is 0. The van der Waals surface area contributed by atoms with Crippen LogP contribution in [0.3, 0.4) is 0 Å². The summed E-state index contributed by atoms with van der Waals surface area (Å²) in [6, 6.07) is 10.7. The minimum absolute atomic E-state index is 0.0376. The summed E-state index contributed by atoms with van der Waals surface area (Å²) in [7, 11) is 2.16. The monoisotopic (exact) mass is 276 g/mol. The van der Waals surface area contributed by atoms with Crippen LogP contribution in [0.2, 0.25) is 0 Å². The molecule has 3 atom stereocenters. The number of carbonyl (C=O) groups is 1. The van der Waals surface area contributed by atoms with E-state index in [4.69, 9.17) is 4.74 Å². The molecule has 0 bridgehead atoms. The maximum absolute atomic E-state index is 12.4. The van der Waals surface area contributed by atoms with Crippen LogP contribution in [0.5, 0.6) is 0 Å². The van der Waals surface area contributed by atoms with Crippen LogP contribution in [-0.4, -0.2) is 35.7 Å². The third-order valence-electron chi connectivity index (χ3n) is 4.44. The molecule has 1 aliphatic rings. The molecule has 0 N–H and O–H groups in total. The molecular formula is C17H26NO2+. The number of hydrogen-bond donors (Lipinski definition) is 0. The number of hydrogen-bond acceptors (Lipinski definition) is 2. The summed E-state index contributed by atoms with van der Waals surface area (Å²) in [4.78, 5) is 12.4. The van der Waals surface area contributed by atoms with Crippen LogP contribution in [0.15, 0.2) is 30.3 Å². The smallest absolute Gasteiger partial charge is 0.365 e. The lowest BCUT2D eigenvalue weighted by Gasteiger charge is -2.52. The quantitative estimate of drug-likeness (QED) is 0.625. The molecule has 0 saturated carbocycles. The number of carbonyl (C=O) groups excluding carboxylic acids is 1. The van der Waals surface area contributed by atoms with Crippen molar-refractivity contribution >= 4 is 5.97 Å². The van der Waals surface area contributed by atoms with Gasteiger partial charge in [0, 0.05) is 5.56 Å². The number of quaternary nitrogens is 1. The van der Waals surface area contributed by atoms with E-state index in [1.807, 2.05) is 26.8 Å². The molecule has 20 heavy (non-hydrogen) atoms. The number of likely N-dealkylation sites (N-methyl/N-ethyl adjacent to an activating group) is 1. The summed E-state index contributed by atoms with van der Waals surface area (Å²) < 4.78 is 6.32. The molecule has 3 nitrogen and oxygen atoms in total. The Morgan fingerprint density at radius 1 is 1.30 bits per heavy atom. The van der Waals surface area contributed by atoms with Gasteiger partial charge in [-0.2, -0.15) is 0 Å². The van der Waals surface area contributed by atoms with Gasteiger partial charge in [-0.25, -0.2) is 4.79 Å². The van der Waals surface area contributed by atoms with Crippen molar-refractivity contribution in [3.05, 3.63) is 35.9 Å². The Balaban J connectivity index is 2.13. The van der Waals surface area contributed by atoms with Gasteiger partial charge in [0.2, 0.25) is 0 Å². The molecule has 0 aromatic heterocycles. The average molecular weight is 276 g/mol. The van der Waals surface area contributed by atoms with E-state index in [0.29, 0.717) is 6.04 Å². The highest BCUT2D eigenvalue weighted by Gasteiger charge is 2.52. The molecule has 0 spiro atoms. The van der Waals surface area contributed by atoms with Gasteiger partial charge in [-0.15, -0.1) is 0 Å². The Kier molecular flexibility index (Phi) is 3.92. The summed E-state index contributed by atoms with van der Waals surface area (Å²) in [5.41, 5.74) is 0.872. The van der Waals surface area contributed by atoms with Crippen molar-refractivity contribution in [3.63, 3.8) is 0 Å². The van der Waals surface area contributed by atoms with E-state index in [0.717, 1.165) is 17.4 Å². The fourth-order valence-corrected chi connectivity index (χ4v) is 2.93. The molecule has 1 saturated heterocycles. The van der Waals surface area contributed by atoms with E-state index in [9.17, 15) is 4.79 Å². The molecule has 2 unspecified atom stereocenters. The van der Waals surface area contributed by atoms with Crippen LogP contribution in [0.1, 0.15) is 45.7 Å². The molecule has 1 aliphatic heterocycles. The lowest BCUT2D eigenvalue weighted by molar-refractivity contribution is -0.989. The van der Waals surface area contributed by atoms with Gasteiger partial charge in [-0.3, -0.25) is 0 Å². The van der Waals surface area contributed by atoms with Gasteiger partial charge in [-0.05, 0) is 27.7 Å². The lowest BCUT2D eigenvalue weighted by atomic mass is 9.91. The van der Waals surface area contributed by atoms with E-state index >= 15 is 0 Å². The summed E-state index contributed by atoms with van der Waals surface area (Å²) in [5, 5.41) is 0. The van der Waals surface area contributed by atoms with Gasteiger partial charge in [-0.1, -0.05) is 30.3 Å². The maximum atomic E-state index is 12.4. The van der Waals surface area contributed by atoms with Gasteiger partial charge < -0.3 is 9.22 Å². The van der Waals surface area contributed by atoms with Crippen molar-refractivity contribution in [2.45, 2.75) is 51.8 Å². The molecule has 1 aromatic rings. The van der Waals surface area contributed by atoms with Crippen molar-refractivity contribution in [3.8, 4) is 0 Å². The second-order valence-electron chi connectivity index (χ2n) is 7.00. The zero-order chi connectivity index (χ0) is 15.0. The molecule has 3 heteroatoms. The predicted octanol–water partition coefficient (Wildman–Crippen LogP) is 3.31. The van der Waals surface area contributed by atoms with Crippen LogP contribution in [0, 0.1) is 0 Å². The Hall–Kier alpha value is -1.35. The molecule has 1 fully saturated rings. The fourth-order valence-electron chi connectivity index (χ4n) is 2.93. The van der Waals surface area contributed by atoms with Crippen LogP contribution >= 0.6 is 0 Å². The Morgan fingerprint density at radius 2 is 1.90 bits per heavy atom. The summed E-state index contributed by atoms with van der Waals surface area (Å²) in [6.07, 6.45) is 0.919. The Morgan fingerprint density at radius 3 is 2.35 bits per heavy atom. The van der Waals surface area contributed by atoms with E-state index < -0.39 is 5.60 Å². The number of benzene rings is 1. The normalized spacial score (nSPS) is 27.6. The van der Waals surface area contributed by atoms with Crippen molar-refractivity contribution in [2.75, 3.05) is 13.6 Å². The topological polar surface area (TPSA) is 26.3 Å². The van der Waals surface area contributed by atoms with Crippen molar-refractivity contribution in [1.82, 2.24) is 0 Å². The first-order valence-corrected chi connectivity index (χ1v) is 7.37. The van der Waals surface area contributed by atoms with Gasteiger partial charge >= 0.3 is 5.97 Å². The number of nitrogens with zero attached hydrogens (tertiary/aromatic N) is 1. The minimum atomic E-state index is -0.409. The Labute approximate surface area is 122 Å². The summed E-state index contributed by atoms with van der Waals surface area (Å²) in [6.45, 7) is 9.00. The molecular weight excluding hydrogens is 250 g/mol. The third-order valence-corrected chi connectivity index (χ3v) is 4.44. The predicted molar refractivity (Wildman–Crippen MR) is 80.2 cm³/mol. The van der Waals surface area contributed by atoms with E-state index in [2.05, 4.69) is 38.2 Å². The lowest BCUT2D eigenvalue weighted by Crippen LogP contribution is -2.67. The van der Waals surface area contributed by atoms with Crippen LogP contribution in [0.25, 0.3) is 0 Å². The highest BCUT2D eigenvalue weighted by Crippen LogP contribution is 2.38. The first-order chi connectivity index (χ1) is 9.24. The summed E-state index contributed by atoms with van der Waals surface area (Å²) in [5.74, 6) is -0.0611. The van der Waals surface area contributed by atoms with Crippen molar-refractivity contribution < 1.29 is 14.0 Å². The van der Waals surface area contributed by atoms with Crippen LogP contribution in [0.4, 0.5) is 0 Å². The largest absolute Gasteiger partial charge is 0.456 e. The number of ether oxygens (including phenoxy) is 1. The standard InChI is InChI=1S/C17H26NO2/c1-13(14-9-7-6-8-10-14)18(5)12-11-15(18)16(19)20-17(2,3)4/h6-10,13,15H,11-12H2,1-5H3/q+1/t13-,15?,18?/m0/s1. The molecule has 1 heterocycles. The fraction of sp³-hybridized carbons (Fsp3) is 0.588. The Bertz CT molecular complexity index is 478. The first-order valence-electron chi connectivity index (χ1n) is 7.37. The first kappa shape index (κ1) is 15.0. The molecule has 1 aromatic carbocycles.